The molecule has 0 amide bonds. The van der Waals surface area contributed by atoms with Gasteiger partial charge in [-0.05, 0) is 44.0 Å². The summed E-state index contributed by atoms with van der Waals surface area (Å²) in [5, 5.41) is 4.44. The Morgan fingerprint density at radius 3 is 2.53 bits per heavy atom. The largest absolute Gasteiger partial charge is 0.326 e. The minimum atomic E-state index is 0.530. The minimum Gasteiger partial charge on any atom is -0.326 e. The van der Waals surface area contributed by atoms with Gasteiger partial charge in [-0.15, -0.1) is 0 Å². The minimum absolute atomic E-state index is 0.530. The molecule has 2 N–H and O–H groups in total. The Hall–Kier alpha value is -1.68. The maximum absolute atomic E-state index is 5.71. The summed E-state index contributed by atoms with van der Waals surface area (Å²) in [6.07, 6.45) is 0.903. The first-order valence-corrected chi connectivity index (χ1v) is 5.87. The molecule has 2 aromatic rings. The number of aromatic nitrogens is 3. The second-order valence-corrected chi connectivity index (χ2v) is 4.22. The van der Waals surface area contributed by atoms with E-state index >= 15 is 0 Å². The molecule has 17 heavy (non-hydrogen) atoms. The Balaban J connectivity index is 2.54. The summed E-state index contributed by atoms with van der Waals surface area (Å²) in [5.41, 5.74) is 9.94. The molecule has 0 unspecified atom stereocenters. The summed E-state index contributed by atoms with van der Waals surface area (Å²) >= 11 is 0. The highest BCUT2D eigenvalue weighted by Crippen LogP contribution is 2.13. The van der Waals surface area contributed by atoms with Crippen molar-refractivity contribution in [3.05, 3.63) is 40.8 Å². The standard InChI is InChI=1S/C13H18N4/c1-4-12-6-11(8-14)7-13(15-12)17-10(3)5-9(2)16-17/h5-7H,4,8,14H2,1-3H3. The molecular weight excluding hydrogens is 212 g/mol. The van der Waals surface area contributed by atoms with Crippen molar-refractivity contribution < 1.29 is 0 Å². The molecule has 2 heterocycles. The van der Waals surface area contributed by atoms with Crippen molar-refractivity contribution in [2.24, 2.45) is 5.73 Å². The molecule has 0 atom stereocenters. The van der Waals surface area contributed by atoms with Crippen molar-refractivity contribution in [3.63, 3.8) is 0 Å². The van der Waals surface area contributed by atoms with Gasteiger partial charge in [-0.1, -0.05) is 6.92 Å². The molecule has 0 aliphatic carbocycles. The van der Waals surface area contributed by atoms with Crippen molar-refractivity contribution in [2.45, 2.75) is 33.7 Å². The van der Waals surface area contributed by atoms with E-state index in [0.29, 0.717) is 6.54 Å². The van der Waals surface area contributed by atoms with Gasteiger partial charge >= 0.3 is 0 Å². The van der Waals surface area contributed by atoms with Crippen molar-refractivity contribution in [1.29, 1.82) is 0 Å². The predicted molar refractivity (Wildman–Crippen MR) is 68.1 cm³/mol. The van der Waals surface area contributed by atoms with E-state index in [1.165, 1.54) is 0 Å². The number of nitrogens with two attached hydrogens (primary N) is 1. The third kappa shape index (κ3) is 2.36. The number of nitrogens with zero attached hydrogens (tertiary/aromatic N) is 3. The van der Waals surface area contributed by atoms with Crippen molar-refractivity contribution in [1.82, 2.24) is 14.8 Å². The van der Waals surface area contributed by atoms with Crippen molar-refractivity contribution in [3.8, 4) is 5.82 Å². The van der Waals surface area contributed by atoms with Crippen LogP contribution in [0.5, 0.6) is 0 Å². The smallest absolute Gasteiger partial charge is 0.154 e. The number of rotatable bonds is 3. The second-order valence-electron chi connectivity index (χ2n) is 4.22. The number of pyridine rings is 1. The fourth-order valence-electron chi connectivity index (χ4n) is 1.90. The van der Waals surface area contributed by atoms with Gasteiger partial charge in [0.05, 0.1) is 5.69 Å². The van der Waals surface area contributed by atoms with Crippen LogP contribution >= 0.6 is 0 Å². The third-order valence-corrected chi connectivity index (χ3v) is 2.75. The summed E-state index contributed by atoms with van der Waals surface area (Å²) < 4.78 is 1.87. The molecule has 2 aromatic heterocycles. The summed E-state index contributed by atoms with van der Waals surface area (Å²) in [6.45, 7) is 6.63. The average Bonchev–Trinajstić information content (AvgIpc) is 2.67. The molecule has 4 heteroatoms. The lowest BCUT2D eigenvalue weighted by Crippen LogP contribution is -2.07. The predicted octanol–water partition coefficient (Wildman–Crippen LogP) is 1.91. The SMILES string of the molecule is CCc1cc(CN)cc(-n2nc(C)cc2C)n1. The van der Waals surface area contributed by atoms with E-state index in [9.17, 15) is 0 Å². The summed E-state index contributed by atoms with van der Waals surface area (Å²) in [4.78, 5) is 4.59. The fraction of sp³-hybridized carbons (Fsp3) is 0.385. The molecule has 0 aromatic carbocycles. The van der Waals surface area contributed by atoms with E-state index in [1.54, 1.807) is 0 Å². The second kappa shape index (κ2) is 4.67. The quantitative estimate of drug-likeness (QED) is 0.876. The first-order valence-electron chi connectivity index (χ1n) is 5.87. The van der Waals surface area contributed by atoms with Gasteiger partial charge < -0.3 is 5.73 Å². The number of hydrogen-bond acceptors (Lipinski definition) is 3. The van der Waals surface area contributed by atoms with E-state index in [1.807, 2.05) is 30.7 Å². The molecule has 2 rings (SSSR count). The van der Waals surface area contributed by atoms with Crippen molar-refractivity contribution in [2.75, 3.05) is 0 Å². The lowest BCUT2D eigenvalue weighted by Gasteiger charge is -2.08. The Morgan fingerprint density at radius 1 is 1.24 bits per heavy atom. The Morgan fingerprint density at radius 2 is 2.00 bits per heavy atom. The van der Waals surface area contributed by atoms with E-state index in [0.717, 1.165) is 34.9 Å². The molecule has 0 aliphatic rings. The molecule has 0 aliphatic heterocycles. The van der Waals surface area contributed by atoms with E-state index in [4.69, 9.17) is 5.73 Å². The maximum atomic E-state index is 5.71. The molecule has 4 nitrogen and oxygen atoms in total. The van der Waals surface area contributed by atoms with Crippen LogP contribution in [0.15, 0.2) is 18.2 Å². The molecule has 0 fully saturated rings. The van der Waals surface area contributed by atoms with Crippen LogP contribution in [0, 0.1) is 13.8 Å². The van der Waals surface area contributed by atoms with Gasteiger partial charge in [-0.2, -0.15) is 5.10 Å². The van der Waals surface area contributed by atoms with Crippen LogP contribution in [0.25, 0.3) is 5.82 Å². The average molecular weight is 230 g/mol. The first-order chi connectivity index (χ1) is 8.13. The third-order valence-electron chi connectivity index (χ3n) is 2.75. The summed E-state index contributed by atoms with van der Waals surface area (Å²) in [5.74, 6) is 0.857. The van der Waals surface area contributed by atoms with E-state index in [2.05, 4.69) is 23.1 Å². The first kappa shape index (κ1) is 11.8. The normalized spacial score (nSPS) is 10.8. The highest BCUT2D eigenvalue weighted by molar-refractivity contribution is 5.32. The van der Waals surface area contributed by atoms with Crippen LogP contribution in [0.4, 0.5) is 0 Å². The van der Waals surface area contributed by atoms with Crippen LogP contribution in [0.1, 0.15) is 29.6 Å². The lowest BCUT2D eigenvalue weighted by molar-refractivity contribution is 0.791. The van der Waals surface area contributed by atoms with E-state index in [-0.39, 0.29) is 0 Å². The molecular formula is C13H18N4. The summed E-state index contributed by atoms with van der Waals surface area (Å²) in [7, 11) is 0. The monoisotopic (exact) mass is 230 g/mol. The Bertz CT molecular complexity index is 506. The van der Waals surface area contributed by atoms with Gasteiger partial charge in [-0.3, -0.25) is 0 Å². The van der Waals surface area contributed by atoms with E-state index < -0.39 is 0 Å². The number of hydrogen-bond donors (Lipinski definition) is 1. The van der Waals surface area contributed by atoms with Gasteiger partial charge in [-0.25, -0.2) is 9.67 Å². The van der Waals surface area contributed by atoms with Crippen LogP contribution < -0.4 is 5.73 Å². The van der Waals surface area contributed by atoms with Gasteiger partial charge in [0.2, 0.25) is 0 Å². The highest BCUT2D eigenvalue weighted by Gasteiger charge is 2.07. The van der Waals surface area contributed by atoms with Crippen LogP contribution in [0.3, 0.4) is 0 Å². The zero-order valence-corrected chi connectivity index (χ0v) is 10.6. The zero-order valence-electron chi connectivity index (χ0n) is 10.6. The maximum Gasteiger partial charge on any atom is 0.154 e. The highest BCUT2D eigenvalue weighted by atomic mass is 15.3. The summed E-state index contributed by atoms with van der Waals surface area (Å²) in [6, 6.07) is 6.09. The topological polar surface area (TPSA) is 56.7 Å². The molecule has 0 spiro atoms. The van der Waals surface area contributed by atoms with Crippen molar-refractivity contribution >= 4 is 0 Å². The van der Waals surface area contributed by atoms with Gasteiger partial charge in [0, 0.05) is 17.9 Å². The molecule has 0 saturated carbocycles. The van der Waals surface area contributed by atoms with Crippen LogP contribution in [0.2, 0.25) is 0 Å². The van der Waals surface area contributed by atoms with Gasteiger partial charge in [0.25, 0.3) is 0 Å². The van der Waals surface area contributed by atoms with Gasteiger partial charge in [0.15, 0.2) is 5.82 Å². The fourth-order valence-corrected chi connectivity index (χ4v) is 1.90. The van der Waals surface area contributed by atoms with Gasteiger partial charge in [0.1, 0.15) is 0 Å². The molecule has 0 bridgehead atoms. The Kier molecular flexibility index (Phi) is 3.24. The van der Waals surface area contributed by atoms with Crippen LogP contribution in [-0.2, 0) is 13.0 Å². The van der Waals surface area contributed by atoms with Crippen LogP contribution in [-0.4, -0.2) is 14.8 Å². The zero-order chi connectivity index (χ0) is 12.4. The molecule has 0 saturated heterocycles. The molecule has 0 radical (unpaired) electrons. The number of aryl methyl sites for hydroxylation is 3. The molecule has 90 valence electrons. The Labute approximate surface area is 101 Å². The lowest BCUT2D eigenvalue weighted by atomic mass is 10.2.